The maximum absolute atomic E-state index is 12.8. The van der Waals surface area contributed by atoms with Crippen molar-refractivity contribution in [3.05, 3.63) is 35.4 Å². The number of aromatic amines is 1. The number of hydrogen-bond donors (Lipinski definition) is 2. The Labute approximate surface area is 140 Å². The lowest BCUT2D eigenvalue weighted by Crippen LogP contribution is -2.35. The van der Waals surface area contributed by atoms with Gasteiger partial charge in [-0.15, -0.1) is 5.10 Å². The minimum Gasteiger partial charge on any atom is -0.381 e. The molecule has 0 radical (unpaired) electrons. The van der Waals surface area contributed by atoms with E-state index in [1.54, 1.807) is 15.8 Å². The number of carbonyl (C=O) groups excluding carboxylic acids is 1. The lowest BCUT2D eigenvalue weighted by atomic mass is 10.00. The normalized spacial score (nSPS) is 24.1. The number of nitrogens with zero attached hydrogens (tertiary/aromatic N) is 4. The molecule has 1 aliphatic heterocycles. The third kappa shape index (κ3) is 2.53. The van der Waals surface area contributed by atoms with E-state index in [1.165, 1.54) is 0 Å². The van der Waals surface area contributed by atoms with Gasteiger partial charge in [-0.25, -0.2) is 4.68 Å². The van der Waals surface area contributed by atoms with Gasteiger partial charge in [0.1, 0.15) is 11.3 Å². The largest absolute Gasteiger partial charge is 0.381 e. The van der Waals surface area contributed by atoms with Crippen molar-refractivity contribution in [2.24, 2.45) is 0 Å². The van der Waals surface area contributed by atoms with Gasteiger partial charge in [0, 0.05) is 30.9 Å². The Morgan fingerprint density at radius 3 is 2.92 bits per heavy atom. The van der Waals surface area contributed by atoms with Crippen molar-refractivity contribution < 1.29 is 9.90 Å². The molecule has 0 spiro atoms. The maximum atomic E-state index is 12.8. The Hall–Kier alpha value is -2.15. The summed E-state index contributed by atoms with van der Waals surface area (Å²) in [6.45, 7) is 4.81. The Bertz CT molecular complexity index is 761. The van der Waals surface area contributed by atoms with Gasteiger partial charge in [-0.05, 0) is 38.7 Å². The molecule has 1 amide bonds. The molecular formula is C17H23N5O2. The Balaban J connectivity index is 1.52. The van der Waals surface area contributed by atoms with Crippen molar-refractivity contribution in [2.75, 3.05) is 13.1 Å². The van der Waals surface area contributed by atoms with Crippen molar-refractivity contribution in [1.29, 1.82) is 0 Å². The highest BCUT2D eigenvalue weighted by molar-refractivity contribution is 5.96. The molecule has 3 heterocycles. The summed E-state index contributed by atoms with van der Waals surface area (Å²) in [4.78, 5) is 17.8. The lowest BCUT2D eigenvalue weighted by molar-refractivity contribution is 0.0381. The van der Waals surface area contributed by atoms with Gasteiger partial charge < -0.3 is 15.0 Å². The van der Waals surface area contributed by atoms with Crippen molar-refractivity contribution in [3.63, 3.8) is 0 Å². The first kappa shape index (κ1) is 15.4. The minimum atomic E-state index is -1.11. The lowest BCUT2D eigenvalue weighted by Gasteiger charge is -2.21. The number of nitrogens with one attached hydrogen (secondary N) is 1. The fourth-order valence-electron chi connectivity index (χ4n) is 3.37. The molecule has 7 nitrogen and oxygen atoms in total. The molecule has 2 aromatic rings. The molecule has 4 rings (SSSR count). The average molecular weight is 329 g/mol. The molecule has 0 unspecified atom stereocenters. The first-order valence-electron chi connectivity index (χ1n) is 8.59. The van der Waals surface area contributed by atoms with Gasteiger partial charge in [0.2, 0.25) is 0 Å². The number of rotatable bonds is 4. The number of carbonyl (C=O) groups is 1. The monoisotopic (exact) mass is 329 g/mol. The number of amides is 1. The second-order valence-electron chi connectivity index (χ2n) is 7.27. The van der Waals surface area contributed by atoms with Crippen LogP contribution in [0.5, 0.6) is 0 Å². The number of aliphatic hydroxyl groups is 1. The number of H-pyrrole nitrogens is 1. The predicted molar refractivity (Wildman–Crippen MR) is 87.6 cm³/mol. The van der Waals surface area contributed by atoms with Crippen LogP contribution in [0.2, 0.25) is 0 Å². The molecule has 2 aliphatic rings. The van der Waals surface area contributed by atoms with Gasteiger partial charge in [0.05, 0.1) is 18.3 Å². The van der Waals surface area contributed by atoms with Gasteiger partial charge in [-0.1, -0.05) is 5.21 Å². The van der Waals surface area contributed by atoms with Crippen LogP contribution < -0.4 is 0 Å². The molecule has 0 bridgehead atoms. The van der Waals surface area contributed by atoms with Gasteiger partial charge in [-0.2, -0.15) is 0 Å². The molecule has 24 heavy (non-hydrogen) atoms. The van der Waals surface area contributed by atoms with Crippen molar-refractivity contribution in [1.82, 2.24) is 24.9 Å². The number of hydrogen-bond acceptors (Lipinski definition) is 4. The van der Waals surface area contributed by atoms with Crippen molar-refractivity contribution >= 4 is 5.91 Å². The number of likely N-dealkylation sites (tertiary alicyclic amines) is 1. The first-order chi connectivity index (χ1) is 11.5. The summed E-state index contributed by atoms with van der Waals surface area (Å²) in [6.07, 6.45) is 6.38. The highest BCUT2D eigenvalue weighted by Gasteiger charge is 2.43. The summed E-state index contributed by atoms with van der Waals surface area (Å²) in [5.74, 6) is 0.483. The van der Waals surface area contributed by atoms with Crippen molar-refractivity contribution in [3.8, 4) is 0 Å². The smallest absolute Gasteiger partial charge is 0.255 e. The van der Waals surface area contributed by atoms with Gasteiger partial charge in [0.15, 0.2) is 0 Å². The number of β-amino-alcohol motifs (C(OH)–C–C–N with tert-alkyl or cyclic N) is 1. The standard InChI is InChI=1S/C17H23N5O2/c1-11(2)22-9-14(19-20-22)17(24)6-8-21(10-17)16(23)13-5-7-18-15(13)12-3-4-12/h5,7,9,11-12,18,24H,3-4,6,8,10H2,1-2H3/t17-/m1/s1. The Morgan fingerprint density at radius 2 is 2.25 bits per heavy atom. The van der Waals surface area contributed by atoms with E-state index in [9.17, 15) is 9.90 Å². The van der Waals surface area contributed by atoms with Crippen LogP contribution in [0.15, 0.2) is 18.5 Å². The fourth-order valence-corrected chi connectivity index (χ4v) is 3.37. The topological polar surface area (TPSA) is 87.0 Å². The van der Waals surface area contributed by atoms with Crippen LogP contribution in [0.25, 0.3) is 0 Å². The van der Waals surface area contributed by atoms with E-state index in [0.717, 1.165) is 24.1 Å². The van der Waals surface area contributed by atoms with E-state index in [-0.39, 0.29) is 18.5 Å². The molecule has 1 saturated carbocycles. The zero-order valence-electron chi connectivity index (χ0n) is 14.1. The fraction of sp³-hybridized carbons (Fsp3) is 0.588. The van der Waals surface area contributed by atoms with E-state index in [4.69, 9.17) is 0 Å². The summed E-state index contributed by atoms with van der Waals surface area (Å²) < 4.78 is 1.73. The van der Waals surface area contributed by atoms with Crippen LogP contribution in [0.1, 0.15) is 66.8 Å². The van der Waals surface area contributed by atoms with Crippen LogP contribution >= 0.6 is 0 Å². The molecule has 2 N–H and O–H groups in total. The maximum Gasteiger partial charge on any atom is 0.255 e. The zero-order valence-corrected chi connectivity index (χ0v) is 14.1. The van der Waals surface area contributed by atoms with Gasteiger partial charge in [0.25, 0.3) is 5.91 Å². The molecule has 2 aromatic heterocycles. The molecule has 0 aromatic carbocycles. The van der Waals surface area contributed by atoms with E-state index in [1.807, 2.05) is 26.1 Å². The molecule has 7 heteroatoms. The Morgan fingerprint density at radius 1 is 1.46 bits per heavy atom. The van der Waals surface area contributed by atoms with Crippen LogP contribution in [-0.2, 0) is 5.60 Å². The predicted octanol–water partition coefficient (Wildman–Crippen LogP) is 1.80. The van der Waals surface area contributed by atoms with Crippen LogP contribution in [0.3, 0.4) is 0 Å². The number of aromatic nitrogens is 4. The van der Waals surface area contributed by atoms with Gasteiger partial charge >= 0.3 is 0 Å². The molecular weight excluding hydrogens is 306 g/mol. The SMILES string of the molecule is CC(C)n1cc([C@@]2(O)CCN(C(=O)c3cc[nH]c3C3CC3)C2)nn1. The highest BCUT2D eigenvalue weighted by atomic mass is 16.3. The first-order valence-corrected chi connectivity index (χ1v) is 8.59. The average Bonchev–Trinajstić information content (AvgIpc) is 2.99. The Kier molecular flexibility index (Phi) is 3.49. The molecule has 1 aliphatic carbocycles. The highest BCUT2D eigenvalue weighted by Crippen LogP contribution is 2.41. The van der Waals surface area contributed by atoms with Crippen LogP contribution in [-0.4, -0.2) is 49.0 Å². The van der Waals surface area contributed by atoms with Crippen LogP contribution in [0, 0.1) is 0 Å². The minimum absolute atomic E-state index is 0.00896. The molecule has 1 saturated heterocycles. The molecule has 128 valence electrons. The summed E-state index contributed by atoms with van der Waals surface area (Å²) in [7, 11) is 0. The quantitative estimate of drug-likeness (QED) is 0.895. The van der Waals surface area contributed by atoms with Gasteiger partial charge in [-0.3, -0.25) is 4.79 Å². The third-order valence-corrected chi connectivity index (χ3v) is 5.05. The van der Waals surface area contributed by atoms with Crippen molar-refractivity contribution in [2.45, 2.75) is 50.7 Å². The van der Waals surface area contributed by atoms with E-state index in [2.05, 4.69) is 15.3 Å². The summed E-state index contributed by atoms with van der Waals surface area (Å²) in [6, 6.07) is 2.04. The summed E-state index contributed by atoms with van der Waals surface area (Å²) >= 11 is 0. The van der Waals surface area contributed by atoms with E-state index in [0.29, 0.717) is 24.6 Å². The second kappa shape index (κ2) is 5.44. The van der Waals surface area contributed by atoms with E-state index < -0.39 is 5.60 Å². The second-order valence-corrected chi connectivity index (χ2v) is 7.27. The molecule has 1 atom stereocenters. The molecule has 2 fully saturated rings. The summed E-state index contributed by atoms with van der Waals surface area (Å²) in [5.41, 5.74) is 1.22. The zero-order chi connectivity index (χ0) is 16.9. The van der Waals surface area contributed by atoms with Crippen LogP contribution in [0.4, 0.5) is 0 Å². The summed E-state index contributed by atoms with van der Waals surface area (Å²) in [5, 5.41) is 19.1. The van der Waals surface area contributed by atoms with E-state index >= 15 is 0 Å². The third-order valence-electron chi connectivity index (χ3n) is 5.05.